The third-order valence-electron chi connectivity index (χ3n) is 4.92. The Kier molecular flexibility index (Phi) is 7.48. The minimum Gasteiger partial charge on any atom is -0.497 e. The minimum absolute atomic E-state index is 0.138. The Hall–Kier alpha value is -3.39. The van der Waals surface area contributed by atoms with E-state index in [1.54, 1.807) is 18.2 Å². The van der Waals surface area contributed by atoms with Gasteiger partial charge in [-0.15, -0.1) is 11.3 Å². The van der Waals surface area contributed by atoms with Gasteiger partial charge < -0.3 is 20.1 Å². The molecule has 1 aromatic heterocycles. The lowest BCUT2D eigenvalue weighted by molar-refractivity contribution is -0.118. The molecule has 0 fully saturated rings. The maximum Gasteiger partial charge on any atom is 0.252 e. The molecule has 3 rings (SSSR count). The Bertz CT molecular complexity index is 1070. The van der Waals surface area contributed by atoms with Crippen LogP contribution in [0.1, 0.15) is 29.1 Å². The fraction of sp³-hybridized carbons (Fsp3) is 0.292. The zero-order valence-electron chi connectivity index (χ0n) is 18.8. The van der Waals surface area contributed by atoms with E-state index in [-0.39, 0.29) is 11.8 Å². The second-order valence-corrected chi connectivity index (χ2v) is 8.78. The molecule has 0 aliphatic heterocycles. The molecule has 0 unspecified atom stereocenters. The van der Waals surface area contributed by atoms with E-state index in [2.05, 4.69) is 15.6 Å². The molecular weight excluding hydrogens is 426 g/mol. The molecule has 0 saturated carbocycles. The van der Waals surface area contributed by atoms with Gasteiger partial charge in [0, 0.05) is 22.1 Å². The molecule has 7 nitrogen and oxygen atoms in total. The molecule has 0 bridgehead atoms. The molecule has 2 amide bonds. The quantitative estimate of drug-likeness (QED) is 0.523. The number of nitrogens with one attached hydrogen (secondary N) is 2. The average Bonchev–Trinajstić information content (AvgIpc) is 3.16. The van der Waals surface area contributed by atoms with Gasteiger partial charge in [-0.3, -0.25) is 9.59 Å². The van der Waals surface area contributed by atoms with Crippen LogP contribution in [-0.2, 0) is 4.79 Å². The topological polar surface area (TPSA) is 89.5 Å². The Morgan fingerprint density at radius 2 is 1.62 bits per heavy atom. The van der Waals surface area contributed by atoms with Gasteiger partial charge in [0.2, 0.25) is 5.91 Å². The number of hydrogen-bond donors (Lipinski definition) is 2. The van der Waals surface area contributed by atoms with Crippen LogP contribution in [0.5, 0.6) is 11.5 Å². The summed E-state index contributed by atoms with van der Waals surface area (Å²) in [6, 6.07) is 13.9. The van der Waals surface area contributed by atoms with Crippen LogP contribution in [-0.4, -0.2) is 37.1 Å². The number of aromatic nitrogens is 1. The second kappa shape index (κ2) is 10.3. The van der Waals surface area contributed by atoms with Crippen molar-refractivity contribution in [2.24, 2.45) is 5.92 Å². The van der Waals surface area contributed by atoms with E-state index < -0.39 is 11.9 Å². The lowest BCUT2D eigenvalue weighted by atomic mass is 10.0. The molecule has 0 aliphatic carbocycles. The predicted octanol–water partition coefficient (Wildman–Crippen LogP) is 4.53. The molecule has 2 N–H and O–H groups in total. The number of carbonyl (C=O) groups is 2. The molecule has 0 spiro atoms. The van der Waals surface area contributed by atoms with Gasteiger partial charge >= 0.3 is 0 Å². The van der Waals surface area contributed by atoms with Gasteiger partial charge in [0.05, 0.1) is 19.9 Å². The molecule has 0 radical (unpaired) electrons. The summed E-state index contributed by atoms with van der Waals surface area (Å²) < 4.78 is 10.5. The van der Waals surface area contributed by atoms with Gasteiger partial charge in [0.15, 0.2) is 5.13 Å². The molecule has 8 heteroatoms. The molecule has 1 atom stereocenters. The van der Waals surface area contributed by atoms with E-state index >= 15 is 0 Å². The molecule has 32 heavy (non-hydrogen) atoms. The van der Waals surface area contributed by atoms with E-state index in [4.69, 9.17) is 9.47 Å². The number of amides is 2. The molecule has 1 heterocycles. The number of nitrogens with zero attached hydrogens (tertiary/aromatic N) is 1. The van der Waals surface area contributed by atoms with Gasteiger partial charge in [0.25, 0.3) is 5.91 Å². The minimum atomic E-state index is -0.746. The number of ether oxygens (including phenoxy) is 2. The number of thiazole rings is 1. The van der Waals surface area contributed by atoms with E-state index in [1.165, 1.54) is 25.6 Å². The van der Waals surface area contributed by atoms with Crippen LogP contribution < -0.4 is 20.1 Å². The largest absolute Gasteiger partial charge is 0.497 e. The summed E-state index contributed by atoms with van der Waals surface area (Å²) in [7, 11) is 3.03. The van der Waals surface area contributed by atoms with Crippen molar-refractivity contribution in [1.82, 2.24) is 10.3 Å². The van der Waals surface area contributed by atoms with Crippen molar-refractivity contribution in [2.45, 2.75) is 26.8 Å². The van der Waals surface area contributed by atoms with Crippen molar-refractivity contribution < 1.29 is 19.1 Å². The lowest BCUT2D eigenvalue weighted by Crippen LogP contribution is -2.47. The summed E-state index contributed by atoms with van der Waals surface area (Å²) in [5, 5.41) is 6.18. The highest BCUT2D eigenvalue weighted by Gasteiger charge is 2.26. The molecule has 0 aliphatic rings. The van der Waals surface area contributed by atoms with E-state index in [9.17, 15) is 9.59 Å². The standard InChI is InChI=1S/C24H27N3O4S/c1-14(2)20(25-22(28)17-11-18(30-4)13-19(12-17)31-5)23(29)27-24-26-21(15(3)32-24)16-9-7-6-8-10-16/h6-14,20H,1-5H3,(H,25,28)(H,26,27,29)/t20-/m1/s1. The Morgan fingerprint density at radius 3 is 2.19 bits per heavy atom. The van der Waals surface area contributed by atoms with Gasteiger partial charge in [-0.25, -0.2) is 4.98 Å². The second-order valence-electron chi connectivity index (χ2n) is 7.58. The third kappa shape index (κ3) is 5.45. The number of hydrogen-bond acceptors (Lipinski definition) is 6. The van der Waals surface area contributed by atoms with Crippen LogP contribution >= 0.6 is 11.3 Å². The lowest BCUT2D eigenvalue weighted by Gasteiger charge is -2.21. The van der Waals surface area contributed by atoms with Crippen LogP contribution in [0.15, 0.2) is 48.5 Å². The first-order valence-corrected chi connectivity index (χ1v) is 11.0. The number of carbonyl (C=O) groups excluding carboxylic acids is 2. The van der Waals surface area contributed by atoms with Crippen LogP contribution in [0.4, 0.5) is 5.13 Å². The van der Waals surface area contributed by atoms with Gasteiger partial charge in [-0.2, -0.15) is 0 Å². The summed E-state index contributed by atoms with van der Waals surface area (Å²) in [6.45, 7) is 5.71. The van der Waals surface area contributed by atoms with Crippen molar-refractivity contribution in [3.8, 4) is 22.8 Å². The smallest absolute Gasteiger partial charge is 0.252 e. The molecular formula is C24H27N3O4S. The first-order chi connectivity index (χ1) is 15.3. The van der Waals surface area contributed by atoms with Crippen molar-refractivity contribution >= 4 is 28.3 Å². The number of rotatable bonds is 8. The number of anilines is 1. The zero-order valence-corrected chi connectivity index (χ0v) is 19.6. The number of aryl methyl sites for hydroxylation is 1. The highest BCUT2D eigenvalue weighted by molar-refractivity contribution is 7.16. The summed E-state index contributed by atoms with van der Waals surface area (Å²) in [4.78, 5) is 31.5. The maximum absolute atomic E-state index is 13.0. The maximum atomic E-state index is 13.0. The fourth-order valence-corrected chi connectivity index (χ4v) is 4.03. The Morgan fingerprint density at radius 1 is 1.00 bits per heavy atom. The summed E-state index contributed by atoms with van der Waals surface area (Å²) in [5.74, 6) is 0.132. The summed E-state index contributed by atoms with van der Waals surface area (Å²) in [6.07, 6.45) is 0. The van der Waals surface area contributed by atoms with Crippen molar-refractivity contribution in [3.63, 3.8) is 0 Å². The van der Waals surface area contributed by atoms with Crippen LogP contribution in [0.3, 0.4) is 0 Å². The zero-order chi connectivity index (χ0) is 23.3. The molecule has 168 valence electrons. The first kappa shape index (κ1) is 23.3. The number of benzene rings is 2. The van der Waals surface area contributed by atoms with Gasteiger partial charge in [0.1, 0.15) is 17.5 Å². The molecule has 0 saturated heterocycles. The monoisotopic (exact) mass is 453 g/mol. The Balaban J connectivity index is 1.76. The Labute approximate surface area is 191 Å². The van der Waals surface area contributed by atoms with Gasteiger partial charge in [-0.1, -0.05) is 44.2 Å². The molecule has 2 aromatic carbocycles. The van der Waals surface area contributed by atoms with Gasteiger partial charge in [-0.05, 0) is 25.0 Å². The van der Waals surface area contributed by atoms with Crippen molar-refractivity contribution in [3.05, 3.63) is 59.0 Å². The summed E-state index contributed by atoms with van der Waals surface area (Å²) in [5.41, 5.74) is 2.16. The van der Waals surface area contributed by atoms with Crippen molar-refractivity contribution in [1.29, 1.82) is 0 Å². The van der Waals surface area contributed by atoms with Crippen LogP contribution in [0.2, 0.25) is 0 Å². The highest BCUT2D eigenvalue weighted by Crippen LogP contribution is 2.30. The van der Waals surface area contributed by atoms with E-state index in [0.29, 0.717) is 22.2 Å². The van der Waals surface area contributed by atoms with Crippen LogP contribution in [0.25, 0.3) is 11.3 Å². The fourth-order valence-electron chi connectivity index (χ4n) is 3.19. The van der Waals surface area contributed by atoms with E-state index in [1.807, 2.05) is 51.1 Å². The summed E-state index contributed by atoms with van der Waals surface area (Å²) >= 11 is 1.40. The SMILES string of the molecule is COc1cc(OC)cc(C(=O)N[C@@H](C(=O)Nc2nc(-c3ccccc3)c(C)s2)C(C)C)c1. The van der Waals surface area contributed by atoms with Crippen LogP contribution in [0, 0.1) is 12.8 Å². The van der Waals surface area contributed by atoms with E-state index in [0.717, 1.165) is 16.1 Å². The number of methoxy groups -OCH3 is 2. The third-order valence-corrected chi connectivity index (χ3v) is 5.81. The average molecular weight is 454 g/mol. The molecule has 3 aromatic rings. The highest BCUT2D eigenvalue weighted by atomic mass is 32.1. The first-order valence-electron chi connectivity index (χ1n) is 10.2. The normalized spacial score (nSPS) is 11.7. The van der Waals surface area contributed by atoms with Crippen molar-refractivity contribution in [2.75, 3.05) is 19.5 Å². The predicted molar refractivity (Wildman–Crippen MR) is 127 cm³/mol.